The van der Waals surface area contributed by atoms with Crippen LogP contribution < -0.4 is 10.5 Å². The second kappa shape index (κ2) is 10.5. The molecule has 1 aromatic heterocycles. The average Bonchev–Trinajstić information content (AvgIpc) is 3.04. The monoisotopic (exact) mass is 439 g/mol. The van der Waals surface area contributed by atoms with E-state index in [1.807, 2.05) is 38.2 Å². The first-order chi connectivity index (χ1) is 15.3. The highest BCUT2D eigenvalue weighted by atomic mass is 16.5. The minimum atomic E-state index is -0.456. The van der Waals surface area contributed by atoms with Crippen LogP contribution in [0.3, 0.4) is 0 Å². The fraction of sp³-hybridized carbons (Fsp3) is 0.440. The van der Waals surface area contributed by atoms with Gasteiger partial charge in [0, 0.05) is 28.9 Å². The number of ether oxygens (including phenoxy) is 2. The van der Waals surface area contributed by atoms with Gasteiger partial charge in [0.05, 0.1) is 25.2 Å². The van der Waals surface area contributed by atoms with Crippen molar-refractivity contribution in [1.82, 2.24) is 9.47 Å². The predicted molar refractivity (Wildman–Crippen MR) is 127 cm³/mol. The molecule has 0 saturated carbocycles. The molecule has 1 heterocycles. The fourth-order valence-electron chi connectivity index (χ4n) is 4.08. The molecule has 2 aromatic carbocycles. The van der Waals surface area contributed by atoms with Gasteiger partial charge in [-0.05, 0) is 69.7 Å². The number of carbonyl (C=O) groups is 2. The highest BCUT2D eigenvalue weighted by molar-refractivity contribution is 6.18. The SMILES string of the molecule is CCCOC(=O)CCOc1cc(CCCN(C)C)c2c(c1)c1c(C(N)=O)cccc1n2C. The Morgan fingerprint density at radius 2 is 1.94 bits per heavy atom. The first kappa shape index (κ1) is 23.6. The number of nitrogens with two attached hydrogens (primary N) is 1. The summed E-state index contributed by atoms with van der Waals surface area (Å²) in [6.45, 7) is 3.58. The lowest BCUT2D eigenvalue weighted by Gasteiger charge is -2.13. The molecular weight excluding hydrogens is 406 g/mol. The van der Waals surface area contributed by atoms with Gasteiger partial charge < -0.3 is 24.7 Å². The molecule has 0 aliphatic rings. The number of amides is 1. The summed E-state index contributed by atoms with van der Waals surface area (Å²) in [5.41, 5.74) is 9.34. The van der Waals surface area contributed by atoms with Crippen molar-refractivity contribution in [2.75, 3.05) is 33.9 Å². The van der Waals surface area contributed by atoms with E-state index in [0.29, 0.717) is 17.9 Å². The van der Waals surface area contributed by atoms with Crippen LogP contribution in [0.4, 0.5) is 0 Å². The van der Waals surface area contributed by atoms with E-state index in [1.165, 1.54) is 0 Å². The number of carbonyl (C=O) groups excluding carboxylic acids is 2. The maximum absolute atomic E-state index is 12.1. The van der Waals surface area contributed by atoms with E-state index >= 15 is 0 Å². The molecular formula is C25H33N3O4. The van der Waals surface area contributed by atoms with Crippen LogP contribution in [-0.2, 0) is 23.0 Å². The third kappa shape index (κ3) is 5.22. The van der Waals surface area contributed by atoms with Crippen molar-refractivity contribution in [3.8, 4) is 5.75 Å². The first-order valence-corrected chi connectivity index (χ1v) is 11.1. The van der Waals surface area contributed by atoms with Crippen LogP contribution in [0.1, 0.15) is 42.1 Å². The van der Waals surface area contributed by atoms with Crippen LogP contribution in [0, 0.1) is 0 Å². The Balaban J connectivity index is 2.01. The molecule has 0 fully saturated rings. The molecule has 0 aliphatic heterocycles. The summed E-state index contributed by atoms with van der Waals surface area (Å²) in [5, 5.41) is 1.77. The van der Waals surface area contributed by atoms with Crippen molar-refractivity contribution in [2.45, 2.75) is 32.6 Å². The van der Waals surface area contributed by atoms with Gasteiger partial charge >= 0.3 is 5.97 Å². The number of hydrogen-bond donors (Lipinski definition) is 1. The van der Waals surface area contributed by atoms with Gasteiger partial charge in [-0.1, -0.05) is 13.0 Å². The van der Waals surface area contributed by atoms with E-state index in [0.717, 1.165) is 53.2 Å². The molecule has 0 unspecified atom stereocenters. The number of rotatable bonds is 11. The molecule has 0 saturated heterocycles. The number of fused-ring (bicyclic) bond motifs is 3. The van der Waals surface area contributed by atoms with E-state index in [4.69, 9.17) is 15.2 Å². The summed E-state index contributed by atoms with van der Waals surface area (Å²) in [4.78, 5) is 26.1. The topological polar surface area (TPSA) is 86.8 Å². The molecule has 0 atom stereocenters. The molecule has 3 aromatic rings. The molecule has 32 heavy (non-hydrogen) atoms. The Bertz CT molecular complexity index is 1120. The van der Waals surface area contributed by atoms with Crippen molar-refractivity contribution < 1.29 is 19.1 Å². The largest absolute Gasteiger partial charge is 0.493 e. The van der Waals surface area contributed by atoms with E-state index in [-0.39, 0.29) is 19.0 Å². The van der Waals surface area contributed by atoms with Crippen LogP contribution in [-0.4, -0.2) is 55.2 Å². The van der Waals surface area contributed by atoms with Gasteiger partial charge in [-0.25, -0.2) is 0 Å². The first-order valence-electron chi connectivity index (χ1n) is 11.1. The Morgan fingerprint density at radius 1 is 1.16 bits per heavy atom. The van der Waals surface area contributed by atoms with Gasteiger partial charge in [-0.2, -0.15) is 0 Å². The molecule has 7 nitrogen and oxygen atoms in total. The summed E-state index contributed by atoms with van der Waals surface area (Å²) in [6, 6.07) is 9.59. The molecule has 172 valence electrons. The summed E-state index contributed by atoms with van der Waals surface area (Å²) in [6.07, 6.45) is 2.83. The van der Waals surface area contributed by atoms with E-state index in [9.17, 15) is 9.59 Å². The summed E-state index contributed by atoms with van der Waals surface area (Å²) in [5.74, 6) is -0.0463. The maximum atomic E-state index is 12.1. The summed E-state index contributed by atoms with van der Waals surface area (Å²) < 4.78 is 13.2. The third-order valence-electron chi connectivity index (χ3n) is 5.53. The minimum absolute atomic E-state index is 0.191. The molecule has 0 bridgehead atoms. The average molecular weight is 440 g/mol. The number of nitrogens with zero attached hydrogens (tertiary/aromatic N) is 2. The van der Waals surface area contributed by atoms with E-state index in [1.54, 1.807) is 6.07 Å². The smallest absolute Gasteiger partial charge is 0.309 e. The normalized spacial score (nSPS) is 11.4. The summed E-state index contributed by atoms with van der Waals surface area (Å²) in [7, 11) is 6.13. The van der Waals surface area contributed by atoms with Crippen molar-refractivity contribution in [1.29, 1.82) is 0 Å². The Labute approximate surface area is 189 Å². The predicted octanol–water partition coefficient (Wildman–Crippen LogP) is 3.65. The zero-order valence-electron chi connectivity index (χ0n) is 19.4. The molecule has 0 aliphatic carbocycles. The highest BCUT2D eigenvalue weighted by Crippen LogP contribution is 2.36. The molecule has 1 amide bonds. The third-order valence-corrected chi connectivity index (χ3v) is 5.53. The van der Waals surface area contributed by atoms with Gasteiger partial charge in [0.25, 0.3) is 0 Å². The van der Waals surface area contributed by atoms with Gasteiger partial charge in [0.1, 0.15) is 5.75 Å². The van der Waals surface area contributed by atoms with Crippen LogP contribution >= 0.6 is 0 Å². The highest BCUT2D eigenvalue weighted by Gasteiger charge is 2.18. The minimum Gasteiger partial charge on any atom is -0.493 e. The lowest BCUT2D eigenvalue weighted by Crippen LogP contribution is -2.13. The Kier molecular flexibility index (Phi) is 7.75. The van der Waals surface area contributed by atoms with Crippen LogP contribution in [0.5, 0.6) is 5.75 Å². The van der Waals surface area contributed by atoms with Crippen molar-refractivity contribution in [2.24, 2.45) is 12.8 Å². The van der Waals surface area contributed by atoms with Crippen LogP contribution in [0.15, 0.2) is 30.3 Å². The molecule has 3 rings (SSSR count). The van der Waals surface area contributed by atoms with Crippen molar-refractivity contribution in [3.63, 3.8) is 0 Å². The van der Waals surface area contributed by atoms with Crippen LogP contribution in [0.2, 0.25) is 0 Å². The van der Waals surface area contributed by atoms with Gasteiger partial charge in [0.2, 0.25) is 5.91 Å². The zero-order valence-corrected chi connectivity index (χ0v) is 19.4. The van der Waals surface area contributed by atoms with E-state index in [2.05, 4.69) is 23.6 Å². The van der Waals surface area contributed by atoms with Crippen molar-refractivity contribution >= 4 is 33.7 Å². The maximum Gasteiger partial charge on any atom is 0.309 e. The Hall–Kier alpha value is -3.06. The van der Waals surface area contributed by atoms with Crippen molar-refractivity contribution in [3.05, 3.63) is 41.5 Å². The summed E-state index contributed by atoms with van der Waals surface area (Å²) >= 11 is 0. The van der Waals surface area contributed by atoms with Gasteiger partial charge in [0.15, 0.2) is 0 Å². The lowest BCUT2D eigenvalue weighted by molar-refractivity contribution is -0.144. The zero-order chi connectivity index (χ0) is 23.3. The molecule has 7 heteroatoms. The number of esters is 1. The fourth-order valence-corrected chi connectivity index (χ4v) is 4.08. The Morgan fingerprint density at radius 3 is 2.62 bits per heavy atom. The molecule has 0 radical (unpaired) electrons. The van der Waals surface area contributed by atoms with Crippen LogP contribution in [0.25, 0.3) is 21.8 Å². The number of aryl methyl sites for hydroxylation is 2. The number of benzene rings is 2. The number of hydrogen-bond acceptors (Lipinski definition) is 5. The lowest BCUT2D eigenvalue weighted by atomic mass is 10.0. The standard InChI is InChI=1S/C25H33N3O4/c1-5-13-32-22(29)11-14-31-18-15-17(8-7-12-27(2)3)24-20(16-18)23-19(25(26)30)9-6-10-21(23)28(24)4/h6,9-10,15-16H,5,7-8,11-14H2,1-4H3,(H2,26,30). The van der Waals surface area contributed by atoms with Gasteiger partial charge in [-0.15, -0.1) is 0 Å². The second-order valence-electron chi connectivity index (χ2n) is 8.33. The second-order valence-corrected chi connectivity index (χ2v) is 8.33. The number of aromatic nitrogens is 1. The number of primary amides is 1. The molecule has 0 spiro atoms. The van der Waals surface area contributed by atoms with E-state index < -0.39 is 5.91 Å². The van der Waals surface area contributed by atoms with Gasteiger partial charge in [-0.3, -0.25) is 9.59 Å². The molecule has 2 N–H and O–H groups in total. The quantitative estimate of drug-likeness (QED) is 0.461.